The maximum Gasteiger partial charge on any atom is 0.252 e. The van der Waals surface area contributed by atoms with Crippen LogP contribution in [-0.2, 0) is 16.2 Å². The molecule has 0 aliphatic carbocycles. The van der Waals surface area contributed by atoms with Gasteiger partial charge in [-0.2, -0.15) is 0 Å². The van der Waals surface area contributed by atoms with E-state index in [2.05, 4.69) is 445 Å². The third-order valence-corrected chi connectivity index (χ3v) is 27.2. The van der Waals surface area contributed by atoms with Gasteiger partial charge in [0.25, 0.3) is 6.71 Å². The number of anilines is 6. The van der Waals surface area contributed by atoms with Crippen molar-refractivity contribution in [2.45, 2.75) is 78.6 Å². The molecule has 13 bridgehead atoms. The van der Waals surface area contributed by atoms with Gasteiger partial charge < -0.3 is 18.9 Å². The van der Waals surface area contributed by atoms with Gasteiger partial charge in [-0.3, -0.25) is 0 Å². The van der Waals surface area contributed by atoms with Gasteiger partial charge in [-0.15, -0.1) is 11.3 Å². The number of fused-ring (bicyclic) bond motifs is 26. The molecular weight excluding hydrogens is 1470 g/mol. The second-order valence-electron chi connectivity index (χ2n) is 36.4. The van der Waals surface area contributed by atoms with Crippen molar-refractivity contribution >= 4 is 132 Å². The van der Waals surface area contributed by atoms with E-state index in [1.807, 2.05) is 11.3 Å². The number of hydrogen-bond donors (Lipinski definition) is 0. The first-order chi connectivity index (χ1) is 58.4. The number of rotatable bonds is 6. The lowest BCUT2D eigenvalue weighted by Gasteiger charge is -2.47. The van der Waals surface area contributed by atoms with E-state index in [-0.39, 0.29) is 23.0 Å². The van der Waals surface area contributed by atoms with Crippen molar-refractivity contribution in [1.82, 2.24) is 9.13 Å². The Morgan fingerprint density at radius 1 is 0.233 bits per heavy atom. The van der Waals surface area contributed by atoms with Gasteiger partial charge in [0.05, 0.1) is 33.4 Å². The number of nitrogens with zero attached hydrogens (tertiary/aromatic N) is 4. The Kier molecular flexibility index (Phi) is 16.0. The first-order valence-electron chi connectivity index (χ1n) is 42.3. The van der Waals surface area contributed by atoms with Crippen LogP contribution >= 0.6 is 11.3 Å². The van der Waals surface area contributed by atoms with Crippen molar-refractivity contribution in [3.8, 4) is 100 Å². The third kappa shape index (κ3) is 11.2. The average Bonchev–Trinajstić information content (AvgIpc) is 0.770. The van der Waals surface area contributed by atoms with Crippen molar-refractivity contribution < 1.29 is 0 Å². The molecule has 4 nitrogen and oxygen atoms in total. The van der Waals surface area contributed by atoms with E-state index >= 15 is 0 Å². The van der Waals surface area contributed by atoms with Crippen molar-refractivity contribution in [3.63, 3.8) is 0 Å². The van der Waals surface area contributed by atoms with Crippen LogP contribution in [0.4, 0.5) is 34.1 Å². The highest BCUT2D eigenvalue weighted by molar-refractivity contribution is 7.25. The van der Waals surface area contributed by atoms with E-state index in [4.69, 9.17) is 0 Å². The molecule has 3 aliphatic rings. The largest absolute Gasteiger partial charge is 0.310 e. The predicted molar refractivity (Wildman–Crippen MR) is 515 cm³/mol. The molecule has 0 unspecified atom stereocenters. The Bertz CT molecular complexity index is 7210. The molecule has 0 spiro atoms. The fourth-order valence-corrected chi connectivity index (χ4v) is 21.1. The zero-order valence-electron chi connectivity index (χ0n) is 68.9. The molecule has 17 aromatic carbocycles. The highest BCUT2D eigenvalue weighted by Gasteiger charge is 2.47. The summed E-state index contributed by atoms with van der Waals surface area (Å²) in [5.41, 5.74) is 38.7. The summed E-state index contributed by atoms with van der Waals surface area (Å²) in [7, 11) is 0. The van der Waals surface area contributed by atoms with Gasteiger partial charge in [-0.1, -0.05) is 305 Å². The highest BCUT2D eigenvalue weighted by atomic mass is 32.1. The van der Waals surface area contributed by atoms with E-state index in [1.54, 1.807) is 0 Å². The molecule has 3 aliphatic heterocycles. The fourth-order valence-electron chi connectivity index (χ4n) is 20.1. The van der Waals surface area contributed by atoms with Crippen molar-refractivity contribution in [2.24, 2.45) is 0 Å². The van der Waals surface area contributed by atoms with Gasteiger partial charge in [0.1, 0.15) is 0 Å². The van der Waals surface area contributed by atoms with Gasteiger partial charge in [0, 0.05) is 98.1 Å². The Morgan fingerprint density at radius 2 is 0.558 bits per heavy atom. The molecule has 0 atom stereocenters. The first kappa shape index (κ1) is 71.5. The minimum Gasteiger partial charge on any atom is -0.310 e. The molecule has 0 radical (unpaired) electrons. The molecule has 3 aromatic heterocycles. The van der Waals surface area contributed by atoms with E-state index in [0.29, 0.717) is 0 Å². The summed E-state index contributed by atoms with van der Waals surface area (Å²) in [5.74, 6) is 0. The van der Waals surface area contributed by atoms with Crippen LogP contribution in [-0.4, -0.2) is 15.8 Å². The van der Waals surface area contributed by atoms with Crippen LogP contribution in [0.5, 0.6) is 0 Å². The van der Waals surface area contributed by atoms with Gasteiger partial charge in [0.2, 0.25) is 0 Å². The molecular formula is C114H87BN4S. The number of para-hydroxylation sites is 2. The van der Waals surface area contributed by atoms with E-state index in [0.717, 1.165) is 123 Å². The van der Waals surface area contributed by atoms with Gasteiger partial charge in [0.15, 0.2) is 0 Å². The van der Waals surface area contributed by atoms with Crippen LogP contribution in [0.15, 0.2) is 364 Å². The molecule has 0 saturated carbocycles. The SMILES string of the molecule is CC(C)(C)c1cc(-c2ccccc2)c2c(c1)-c1cccc(c1)-c1ccc3sc4ccc(cc4c3c1)-c1cccc(c1)-c1cc(C(C)(C)C)cc(-c3ccccc3)c1N1c3cc(-n4c5ccccc5c5c(-c6ccccc6)cccc54)ccc3B3c4ccc(-n5c6ccccc6c6c(-c7ccccc7)cccc65)cc4N2c2cc(C(C)(C)C)cc1c23. The molecule has 0 N–H and O–H groups in total. The minimum absolute atomic E-state index is 0.261. The van der Waals surface area contributed by atoms with E-state index < -0.39 is 0 Å². The maximum atomic E-state index is 2.78. The standard InChI is InChI=1S/C114H87BN4S/c1-112(2,3)80-62-89(72-34-18-12-19-35-72)110-91(64-80)78-40-26-38-74(58-78)76-50-56-105-93(60-76)94-61-77(51-57-106(94)120-105)75-39-27-41-79(59-75)92-65-81(113(4,5)6)63-90(73-36-20-13-21-37-73)111(92)119-102-69-84(117-98-47-25-23-43-88(98)108-86(45-29-49-100(108)117)71-32-16-11-17-33-71)53-55-96(102)115-95-54-52-83(68-101(95)118(110)103-66-82(114(7,8)9)67-104(119)109(103)115)116-97-46-24-22-42-87(97)107-85(44-28-48-99(107)116)70-30-14-10-15-31-70/h10-69H,1-9H3. The molecule has 120 heavy (non-hydrogen) atoms. The van der Waals surface area contributed by atoms with Crippen LogP contribution in [0, 0.1) is 0 Å². The molecule has 572 valence electrons. The van der Waals surface area contributed by atoms with Crippen molar-refractivity contribution in [1.29, 1.82) is 0 Å². The lowest BCUT2D eigenvalue weighted by atomic mass is 9.33. The third-order valence-electron chi connectivity index (χ3n) is 26.0. The number of thiophene rings is 1. The molecule has 6 heteroatoms. The summed E-state index contributed by atoms with van der Waals surface area (Å²) >= 11 is 1.88. The average molecular weight is 1560 g/mol. The quantitative estimate of drug-likeness (QED) is 0.154. The Hall–Kier alpha value is -13.8. The Morgan fingerprint density at radius 3 is 0.958 bits per heavy atom. The van der Waals surface area contributed by atoms with Crippen molar-refractivity contribution in [2.75, 3.05) is 9.80 Å². The smallest absolute Gasteiger partial charge is 0.252 e. The van der Waals surface area contributed by atoms with Crippen molar-refractivity contribution in [3.05, 3.63) is 381 Å². The van der Waals surface area contributed by atoms with Crippen LogP contribution in [0.1, 0.15) is 79.0 Å². The van der Waals surface area contributed by atoms with Crippen LogP contribution in [0.3, 0.4) is 0 Å². The van der Waals surface area contributed by atoms with E-state index in [9.17, 15) is 0 Å². The molecule has 0 amide bonds. The normalized spacial score (nSPS) is 13.0. The summed E-state index contributed by atoms with van der Waals surface area (Å²) < 4.78 is 7.65. The highest BCUT2D eigenvalue weighted by Crippen LogP contribution is 2.57. The topological polar surface area (TPSA) is 16.3 Å². The Labute approximate surface area is 705 Å². The lowest BCUT2D eigenvalue weighted by molar-refractivity contribution is 0.590. The lowest BCUT2D eigenvalue weighted by Crippen LogP contribution is -2.61. The predicted octanol–water partition coefficient (Wildman–Crippen LogP) is 29.9. The minimum atomic E-state index is -0.386. The first-order valence-corrected chi connectivity index (χ1v) is 43.1. The number of aromatic nitrogens is 2. The van der Waals surface area contributed by atoms with Crippen LogP contribution in [0.25, 0.3) is 164 Å². The van der Waals surface area contributed by atoms with Gasteiger partial charge in [-0.25, -0.2) is 0 Å². The maximum absolute atomic E-state index is 2.78. The van der Waals surface area contributed by atoms with Gasteiger partial charge >= 0.3 is 0 Å². The Balaban J connectivity index is 0.920. The zero-order valence-corrected chi connectivity index (χ0v) is 69.7. The number of benzene rings is 17. The summed E-state index contributed by atoms with van der Waals surface area (Å²) in [6.45, 7) is 21.3. The molecule has 20 aromatic rings. The van der Waals surface area contributed by atoms with Crippen LogP contribution < -0.4 is 26.2 Å². The molecule has 23 rings (SSSR count). The second-order valence-corrected chi connectivity index (χ2v) is 37.4. The second kappa shape index (κ2) is 26.9. The summed E-state index contributed by atoms with van der Waals surface area (Å²) in [5, 5.41) is 7.41. The van der Waals surface area contributed by atoms with Gasteiger partial charge in [-0.05, 0) is 237 Å². The summed E-state index contributed by atoms with van der Waals surface area (Å²) in [6, 6.07) is 140. The van der Waals surface area contributed by atoms with E-state index in [1.165, 1.54) is 108 Å². The summed E-state index contributed by atoms with van der Waals surface area (Å²) in [6.07, 6.45) is 0. The molecule has 0 saturated heterocycles. The van der Waals surface area contributed by atoms with Crippen LogP contribution in [0.2, 0.25) is 0 Å². The number of hydrogen-bond acceptors (Lipinski definition) is 3. The monoisotopic (exact) mass is 1550 g/mol. The fraction of sp³-hybridized carbons (Fsp3) is 0.105. The molecule has 6 heterocycles. The molecule has 0 fully saturated rings. The summed E-state index contributed by atoms with van der Waals surface area (Å²) in [4.78, 5) is 5.55. The zero-order chi connectivity index (χ0) is 80.8.